The van der Waals surface area contributed by atoms with Crippen LogP contribution in [0.2, 0.25) is 0 Å². The molecule has 0 saturated heterocycles. The second-order valence-electron chi connectivity index (χ2n) is 6.45. The summed E-state index contributed by atoms with van der Waals surface area (Å²) in [6, 6.07) is 10.6. The van der Waals surface area contributed by atoms with E-state index < -0.39 is 6.10 Å². The Kier molecular flexibility index (Phi) is 2.73. The Balaban J connectivity index is 1.65. The van der Waals surface area contributed by atoms with E-state index >= 15 is 0 Å². The standard InChI is InChI=1S/C18H18N4O/c23-18-14(6-3-9-22-15(18)7-8-20-22)17-13-5-2-1-4-12(13)16-10-19-11-21(16)17/h1-2,4-5,7-8,10-11,14,17-18,23H,3,6,9H2/t14?,17-,18-/m0/s1. The van der Waals surface area contributed by atoms with Crippen LogP contribution in [0.15, 0.2) is 49.1 Å². The summed E-state index contributed by atoms with van der Waals surface area (Å²) in [7, 11) is 0. The van der Waals surface area contributed by atoms with E-state index in [1.165, 1.54) is 11.1 Å². The topological polar surface area (TPSA) is 55.9 Å². The Morgan fingerprint density at radius 2 is 2.09 bits per heavy atom. The van der Waals surface area contributed by atoms with Gasteiger partial charge in [-0.15, -0.1) is 0 Å². The molecule has 0 fully saturated rings. The van der Waals surface area contributed by atoms with Crippen molar-refractivity contribution in [2.45, 2.75) is 31.5 Å². The number of nitrogens with zero attached hydrogens (tertiary/aromatic N) is 4. The minimum atomic E-state index is -0.508. The van der Waals surface area contributed by atoms with Gasteiger partial charge in [0.1, 0.15) is 6.10 Å². The minimum absolute atomic E-state index is 0.129. The van der Waals surface area contributed by atoms with Gasteiger partial charge in [-0.1, -0.05) is 24.3 Å². The van der Waals surface area contributed by atoms with E-state index in [-0.39, 0.29) is 12.0 Å². The van der Waals surface area contributed by atoms with Crippen LogP contribution in [0.1, 0.15) is 36.2 Å². The maximum Gasteiger partial charge on any atom is 0.101 e. The highest BCUT2D eigenvalue weighted by Crippen LogP contribution is 2.48. The summed E-state index contributed by atoms with van der Waals surface area (Å²) >= 11 is 0. The molecular weight excluding hydrogens is 288 g/mol. The van der Waals surface area contributed by atoms with E-state index in [0.29, 0.717) is 0 Å². The molecule has 1 N–H and O–H groups in total. The Morgan fingerprint density at radius 1 is 1.17 bits per heavy atom. The summed E-state index contributed by atoms with van der Waals surface area (Å²) in [5.74, 6) is 0.129. The lowest BCUT2D eigenvalue weighted by molar-refractivity contribution is 0.0799. The molecule has 4 heterocycles. The summed E-state index contributed by atoms with van der Waals surface area (Å²) in [4.78, 5) is 4.33. The molecule has 0 radical (unpaired) electrons. The number of imidazole rings is 1. The lowest BCUT2D eigenvalue weighted by atomic mass is 9.84. The number of benzene rings is 1. The Labute approximate surface area is 134 Å². The van der Waals surface area contributed by atoms with E-state index in [2.05, 4.69) is 38.9 Å². The van der Waals surface area contributed by atoms with Gasteiger partial charge in [0, 0.05) is 24.2 Å². The molecule has 1 aromatic carbocycles. The van der Waals surface area contributed by atoms with Gasteiger partial charge in [-0.05, 0) is 24.5 Å². The molecule has 1 unspecified atom stereocenters. The van der Waals surface area contributed by atoms with Gasteiger partial charge in [-0.25, -0.2) is 4.98 Å². The van der Waals surface area contributed by atoms with Crippen molar-refractivity contribution in [2.24, 2.45) is 5.92 Å². The van der Waals surface area contributed by atoms with Gasteiger partial charge in [-0.2, -0.15) is 5.10 Å². The van der Waals surface area contributed by atoms with Crippen molar-refractivity contribution < 1.29 is 5.11 Å². The molecule has 116 valence electrons. The van der Waals surface area contributed by atoms with Gasteiger partial charge >= 0.3 is 0 Å². The SMILES string of the molecule is O[C@@H]1c2ccnn2CCCC1[C@@H]1c2ccccc2-c2cncn21. The van der Waals surface area contributed by atoms with Crippen molar-refractivity contribution in [3.63, 3.8) is 0 Å². The largest absolute Gasteiger partial charge is 0.386 e. The molecule has 5 nitrogen and oxygen atoms in total. The first-order valence-electron chi connectivity index (χ1n) is 8.15. The monoisotopic (exact) mass is 306 g/mol. The van der Waals surface area contributed by atoms with Crippen molar-refractivity contribution in [3.05, 3.63) is 60.3 Å². The van der Waals surface area contributed by atoms with Crippen LogP contribution in [0.4, 0.5) is 0 Å². The number of hydrogen-bond acceptors (Lipinski definition) is 3. The average molecular weight is 306 g/mol. The lowest BCUT2D eigenvalue weighted by Gasteiger charge is -2.28. The van der Waals surface area contributed by atoms with E-state index in [1.54, 1.807) is 6.20 Å². The van der Waals surface area contributed by atoms with Crippen LogP contribution >= 0.6 is 0 Å². The number of aliphatic hydroxyl groups is 1. The summed E-state index contributed by atoms with van der Waals surface area (Å²) in [6.07, 6.45) is 7.10. The van der Waals surface area contributed by atoms with Crippen molar-refractivity contribution in [2.75, 3.05) is 0 Å². The minimum Gasteiger partial charge on any atom is -0.386 e. The molecule has 5 heteroatoms. The summed E-state index contributed by atoms with van der Waals surface area (Å²) < 4.78 is 4.17. The molecular formula is C18H18N4O. The van der Waals surface area contributed by atoms with E-state index in [0.717, 1.165) is 30.8 Å². The number of aromatic nitrogens is 4. The first-order chi connectivity index (χ1) is 11.3. The molecule has 3 aromatic rings. The Bertz CT molecular complexity index is 865. The maximum absolute atomic E-state index is 11.0. The number of aliphatic hydroxyl groups excluding tert-OH is 1. The van der Waals surface area contributed by atoms with Crippen molar-refractivity contribution in [3.8, 4) is 11.3 Å². The quantitative estimate of drug-likeness (QED) is 0.752. The van der Waals surface area contributed by atoms with Crippen molar-refractivity contribution in [1.29, 1.82) is 0 Å². The zero-order chi connectivity index (χ0) is 15.4. The smallest absolute Gasteiger partial charge is 0.101 e. The molecule has 0 saturated carbocycles. The van der Waals surface area contributed by atoms with Gasteiger partial charge < -0.3 is 9.67 Å². The summed E-state index contributed by atoms with van der Waals surface area (Å²) in [6.45, 7) is 0.876. The second-order valence-corrected chi connectivity index (χ2v) is 6.45. The second kappa shape index (κ2) is 4.80. The van der Waals surface area contributed by atoms with Crippen LogP contribution < -0.4 is 0 Å². The molecule has 0 aliphatic carbocycles. The zero-order valence-corrected chi connectivity index (χ0v) is 12.7. The molecule has 2 aliphatic rings. The molecule has 2 aromatic heterocycles. The van der Waals surface area contributed by atoms with Crippen LogP contribution in [0, 0.1) is 5.92 Å². The molecule has 5 rings (SSSR count). The molecule has 0 spiro atoms. The predicted molar refractivity (Wildman–Crippen MR) is 85.7 cm³/mol. The highest BCUT2D eigenvalue weighted by Gasteiger charge is 2.39. The molecule has 23 heavy (non-hydrogen) atoms. The Morgan fingerprint density at radius 3 is 3.04 bits per heavy atom. The highest BCUT2D eigenvalue weighted by atomic mass is 16.3. The third-order valence-corrected chi connectivity index (χ3v) is 5.29. The zero-order valence-electron chi connectivity index (χ0n) is 12.7. The van der Waals surface area contributed by atoms with Gasteiger partial charge in [-0.3, -0.25) is 4.68 Å². The van der Waals surface area contributed by atoms with E-state index in [1.807, 2.05) is 23.3 Å². The summed E-state index contributed by atoms with van der Waals surface area (Å²) in [5.41, 5.74) is 4.61. The number of rotatable bonds is 1. The fraction of sp³-hybridized carbons (Fsp3) is 0.333. The fourth-order valence-electron chi connectivity index (χ4n) is 4.28. The fourth-order valence-corrected chi connectivity index (χ4v) is 4.28. The third kappa shape index (κ3) is 1.77. The number of fused-ring (bicyclic) bond motifs is 4. The first-order valence-corrected chi connectivity index (χ1v) is 8.15. The third-order valence-electron chi connectivity index (χ3n) is 5.29. The predicted octanol–water partition coefficient (Wildman–Crippen LogP) is 2.79. The number of aryl methyl sites for hydroxylation is 1. The van der Waals surface area contributed by atoms with Crippen LogP contribution in [-0.4, -0.2) is 24.4 Å². The van der Waals surface area contributed by atoms with Gasteiger partial charge in [0.05, 0.1) is 30.0 Å². The molecule has 3 atom stereocenters. The van der Waals surface area contributed by atoms with Crippen LogP contribution in [0.3, 0.4) is 0 Å². The molecule has 0 amide bonds. The van der Waals surface area contributed by atoms with Crippen LogP contribution in [0.5, 0.6) is 0 Å². The normalized spacial score (nSPS) is 25.5. The summed E-state index contributed by atoms with van der Waals surface area (Å²) in [5, 5.41) is 15.4. The van der Waals surface area contributed by atoms with Crippen molar-refractivity contribution >= 4 is 0 Å². The molecule has 2 aliphatic heterocycles. The van der Waals surface area contributed by atoms with Gasteiger partial charge in [0.15, 0.2) is 0 Å². The van der Waals surface area contributed by atoms with Crippen LogP contribution in [-0.2, 0) is 6.54 Å². The van der Waals surface area contributed by atoms with E-state index in [4.69, 9.17) is 0 Å². The van der Waals surface area contributed by atoms with Gasteiger partial charge in [0.25, 0.3) is 0 Å². The average Bonchev–Trinajstić information content (AvgIpc) is 3.25. The maximum atomic E-state index is 11.0. The molecule has 0 bridgehead atoms. The van der Waals surface area contributed by atoms with Gasteiger partial charge in [0.2, 0.25) is 0 Å². The highest BCUT2D eigenvalue weighted by molar-refractivity contribution is 5.69. The van der Waals surface area contributed by atoms with Crippen LogP contribution in [0.25, 0.3) is 11.3 Å². The lowest BCUT2D eigenvalue weighted by Crippen LogP contribution is -2.23. The van der Waals surface area contributed by atoms with E-state index in [9.17, 15) is 5.11 Å². The van der Waals surface area contributed by atoms with Crippen molar-refractivity contribution in [1.82, 2.24) is 19.3 Å². The Hall–Kier alpha value is -2.40. The first kappa shape index (κ1) is 13.1. The number of hydrogen-bond donors (Lipinski definition) is 1.